The molecule has 0 saturated carbocycles. The predicted molar refractivity (Wildman–Crippen MR) is 52.4 cm³/mol. The third-order valence-electron chi connectivity index (χ3n) is 2.14. The molecule has 3 heteroatoms. The minimum atomic E-state index is 1.05. The van der Waals surface area contributed by atoms with Crippen molar-refractivity contribution in [2.45, 2.75) is 13.8 Å². The second kappa shape index (κ2) is 2.59. The lowest BCUT2D eigenvalue weighted by molar-refractivity contribution is 0.902. The molecule has 0 N–H and O–H groups in total. The van der Waals surface area contributed by atoms with Crippen molar-refractivity contribution in [3.63, 3.8) is 0 Å². The molecule has 12 heavy (non-hydrogen) atoms. The molecule has 62 valence electrons. The van der Waals surface area contributed by atoms with Crippen LogP contribution in [0.15, 0.2) is 22.8 Å². The van der Waals surface area contributed by atoms with Gasteiger partial charge in [-0.1, -0.05) is 6.07 Å². The Hall–Kier alpha value is -0.830. The quantitative estimate of drug-likeness (QED) is 0.673. The maximum atomic E-state index is 4.25. The van der Waals surface area contributed by atoms with Gasteiger partial charge in [0.25, 0.3) is 0 Å². The third kappa shape index (κ3) is 0.966. The highest BCUT2D eigenvalue weighted by molar-refractivity contribution is 9.10. The number of nitrogens with zero attached hydrogens (tertiary/aromatic N) is 2. The summed E-state index contributed by atoms with van der Waals surface area (Å²) >= 11 is 3.44. The molecule has 0 aliphatic carbocycles. The fourth-order valence-electron chi connectivity index (χ4n) is 1.25. The van der Waals surface area contributed by atoms with Crippen molar-refractivity contribution in [3.05, 3.63) is 34.1 Å². The summed E-state index contributed by atoms with van der Waals surface area (Å²) in [6, 6.07) is 4.18. The standard InChI is InChI=1S/C9H9BrN2/c1-6-3-4-9-8(10)5-11-12(9)7(6)2/h3-5H,1-2H3. The van der Waals surface area contributed by atoms with Gasteiger partial charge in [0, 0.05) is 5.69 Å². The van der Waals surface area contributed by atoms with E-state index < -0.39 is 0 Å². The molecule has 0 atom stereocenters. The molecule has 0 amide bonds. The number of halogens is 1. The van der Waals surface area contributed by atoms with Crippen molar-refractivity contribution in [1.29, 1.82) is 0 Å². The van der Waals surface area contributed by atoms with E-state index >= 15 is 0 Å². The number of pyridine rings is 1. The average Bonchev–Trinajstić information content (AvgIpc) is 2.41. The molecule has 2 rings (SSSR count). The molecule has 0 fully saturated rings. The Morgan fingerprint density at radius 2 is 2.08 bits per heavy atom. The van der Waals surface area contributed by atoms with Crippen molar-refractivity contribution in [1.82, 2.24) is 9.61 Å². The topological polar surface area (TPSA) is 17.3 Å². The van der Waals surface area contributed by atoms with E-state index in [4.69, 9.17) is 0 Å². The molecule has 2 aromatic rings. The zero-order valence-electron chi connectivity index (χ0n) is 7.00. The van der Waals surface area contributed by atoms with Gasteiger partial charge >= 0.3 is 0 Å². The first-order valence-corrected chi connectivity index (χ1v) is 4.59. The maximum absolute atomic E-state index is 4.25. The van der Waals surface area contributed by atoms with E-state index in [-0.39, 0.29) is 0 Å². The average molecular weight is 225 g/mol. The van der Waals surface area contributed by atoms with Crippen molar-refractivity contribution in [2.75, 3.05) is 0 Å². The van der Waals surface area contributed by atoms with Gasteiger partial charge in [0.05, 0.1) is 16.2 Å². The van der Waals surface area contributed by atoms with E-state index in [1.807, 2.05) is 10.7 Å². The van der Waals surface area contributed by atoms with Crippen LogP contribution in [0, 0.1) is 13.8 Å². The number of aryl methyl sites for hydroxylation is 2. The van der Waals surface area contributed by atoms with E-state index in [0.29, 0.717) is 0 Å². The Morgan fingerprint density at radius 3 is 2.83 bits per heavy atom. The highest BCUT2D eigenvalue weighted by atomic mass is 79.9. The van der Waals surface area contributed by atoms with Crippen LogP contribution in [0.3, 0.4) is 0 Å². The zero-order chi connectivity index (χ0) is 8.72. The Labute approximate surface area is 79.3 Å². The highest BCUT2D eigenvalue weighted by Gasteiger charge is 2.03. The Morgan fingerprint density at radius 1 is 1.33 bits per heavy atom. The SMILES string of the molecule is Cc1ccc2c(Br)cnn2c1C. The zero-order valence-corrected chi connectivity index (χ0v) is 8.59. The van der Waals surface area contributed by atoms with Gasteiger partial charge in [-0.25, -0.2) is 4.52 Å². The predicted octanol–water partition coefficient (Wildman–Crippen LogP) is 2.71. The van der Waals surface area contributed by atoms with Gasteiger partial charge in [-0.05, 0) is 41.4 Å². The molecule has 0 radical (unpaired) electrons. The molecule has 2 nitrogen and oxygen atoms in total. The minimum Gasteiger partial charge on any atom is -0.237 e. The van der Waals surface area contributed by atoms with Crippen LogP contribution in [0.1, 0.15) is 11.3 Å². The summed E-state index contributed by atoms with van der Waals surface area (Å²) in [6.45, 7) is 4.16. The number of rotatable bonds is 0. The van der Waals surface area contributed by atoms with Crippen molar-refractivity contribution < 1.29 is 0 Å². The molecule has 0 bridgehead atoms. The molecule has 0 saturated heterocycles. The summed E-state index contributed by atoms with van der Waals surface area (Å²) in [5.41, 5.74) is 3.58. The first-order chi connectivity index (χ1) is 5.70. The summed E-state index contributed by atoms with van der Waals surface area (Å²) in [7, 11) is 0. The molecular formula is C9H9BrN2. The van der Waals surface area contributed by atoms with Gasteiger partial charge in [0.2, 0.25) is 0 Å². The minimum absolute atomic E-state index is 1.05. The molecule has 0 aliphatic rings. The Kier molecular flexibility index (Phi) is 1.68. The first-order valence-electron chi connectivity index (χ1n) is 3.79. The number of aromatic nitrogens is 2. The van der Waals surface area contributed by atoms with Gasteiger partial charge in [0.1, 0.15) is 0 Å². The molecule has 0 unspecified atom stereocenters. The van der Waals surface area contributed by atoms with Crippen LogP contribution >= 0.6 is 15.9 Å². The monoisotopic (exact) mass is 224 g/mol. The number of hydrogen-bond donors (Lipinski definition) is 0. The van der Waals surface area contributed by atoms with Gasteiger partial charge in [-0.2, -0.15) is 5.10 Å². The van der Waals surface area contributed by atoms with Gasteiger partial charge in [0.15, 0.2) is 0 Å². The van der Waals surface area contributed by atoms with Crippen LogP contribution in [0.5, 0.6) is 0 Å². The van der Waals surface area contributed by atoms with Crippen molar-refractivity contribution in [2.24, 2.45) is 0 Å². The maximum Gasteiger partial charge on any atom is 0.0807 e. The second-order valence-corrected chi connectivity index (χ2v) is 3.75. The largest absolute Gasteiger partial charge is 0.237 e. The van der Waals surface area contributed by atoms with Gasteiger partial charge in [-0.3, -0.25) is 0 Å². The second-order valence-electron chi connectivity index (χ2n) is 2.89. The normalized spacial score (nSPS) is 10.9. The van der Waals surface area contributed by atoms with Crippen molar-refractivity contribution >= 4 is 21.4 Å². The summed E-state index contributed by atoms with van der Waals surface area (Å²) in [5.74, 6) is 0. The fraction of sp³-hybridized carbons (Fsp3) is 0.222. The summed E-state index contributed by atoms with van der Waals surface area (Å²) in [6.07, 6.45) is 1.82. The van der Waals surface area contributed by atoms with E-state index in [1.54, 1.807) is 0 Å². The molecule has 0 spiro atoms. The van der Waals surface area contributed by atoms with Crippen LogP contribution in [0.2, 0.25) is 0 Å². The van der Waals surface area contributed by atoms with Crippen LogP contribution in [0.25, 0.3) is 5.52 Å². The summed E-state index contributed by atoms with van der Waals surface area (Å²) < 4.78 is 2.99. The van der Waals surface area contributed by atoms with Gasteiger partial charge < -0.3 is 0 Å². The van der Waals surface area contributed by atoms with E-state index in [1.165, 1.54) is 11.3 Å². The lowest BCUT2D eigenvalue weighted by Gasteiger charge is -2.02. The van der Waals surface area contributed by atoms with Crippen LogP contribution in [-0.4, -0.2) is 9.61 Å². The van der Waals surface area contributed by atoms with E-state index in [9.17, 15) is 0 Å². The first kappa shape index (κ1) is 7.80. The molecular weight excluding hydrogens is 216 g/mol. The fourth-order valence-corrected chi connectivity index (χ4v) is 1.64. The van der Waals surface area contributed by atoms with Crippen LogP contribution in [-0.2, 0) is 0 Å². The summed E-state index contributed by atoms with van der Waals surface area (Å²) in [5, 5.41) is 4.25. The van der Waals surface area contributed by atoms with Crippen LogP contribution < -0.4 is 0 Å². The number of hydrogen-bond acceptors (Lipinski definition) is 1. The highest BCUT2D eigenvalue weighted by Crippen LogP contribution is 2.19. The molecule has 0 aromatic carbocycles. The Bertz CT molecular complexity index is 431. The molecule has 2 aromatic heterocycles. The lowest BCUT2D eigenvalue weighted by atomic mass is 10.2. The summed E-state index contributed by atoms with van der Waals surface area (Å²) in [4.78, 5) is 0. The molecule has 0 aliphatic heterocycles. The lowest BCUT2D eigenvalue weighted by Crippen LogP contribution is -1.94. The van der Waals surface area contributed by atoms with Crippen LogP contribution in [0.4, 0.5) is 0 Å². The van der Waals surface area contributed by atoms with Crippen molar-refractivity contribution in [3.8, 4) is 0 Å². The van der Waals surface area contributed by atoms with E-state index in [2.05, 4.69) is 47.0 Å². The third-order valence-corrected chi connectivity index (χ3v) is 2.75. The Balaban J connectivity index is 2.93. The molecule has 2 heterocycles. The smallest absolute Gasteiger partial charge is 0.0807 e. The van der Waals surface area contributed by atoms with Gasteiger partial charge in [-0.15, -0.1) is 0 Å². The van der Waals surface area contributed by atoms with E-state index in [0.717, 1.165) is 9.99 Å². The number of fused-ring (bicyclic) bond motifs is 1.